The Bertz CT molecular complexity index is 277. The molecule has 17 heavy (non-hydrogen) atoms. The molecule has 1 fully saturated rings. The summed E-state index contributed by atoms with van der Waals surface area (Å²) in [6, 6.07) is 0. The van der Waals surface area contributed by atoms with Gasteiger partial charge < -0.3 is 14.6 Å². The fourth-order valence-electron chi connectivity index (χ4n) is 2.75. The van der Waals surface area contributed by atoms with Gasteiger partial charge in [-0.2, -0.15) is 0 Å². The highest BCUT2D eigenvalue weighted by atomic mass is 16.7. The summed E-state index contributed by atoms with van der Waals surface area (Å²) in [5.41, 5.74) is 1.14. The molecule has 2 atom stereocenters. The lowest BCUT2D eigenvalue weighted by Gasteiger charge is -2.39. The first-order valence-corrected chi connectivity index (χ1v) is 6.70. The number of ether oxygens (including phenoxy) is 2. The quantitative estimate of drug-likeness (QED) is 0.771. The van der Waals surface area contributed by atoms with E-state index in [4.69, 9.17) is 9.47 Å². The Balaban J connectivity index is 1.94. The summed E-state index contributed by atoms with van der Waals surface area (Å²) in [4.78, 5) is 0. The van der Waals surface area contributed by atoms with E-state index in [2.05, 4.69) is 19.9 Å². The molecule has 0 aromatic heterocycles. The first kappa shape index (κ1) is 13.1. The Kier molecular flexibility index (Phi) is 4.23. The van der Waals surface area contributed by atoms with E-state index in [1.807, 2.05) is 0 Å². The maximum absolute atomic E-state index is 9.20. The van der Waals surface area contributed by atoms with Gasteiger partial charge in [0.2, 0.25) is 0 Å². The average Bonchev–Trinajstić information content (AvgIpc) is 2.33. The molecule has 1 aliphatic carbocycles. The van der Waals surface area contributed by atoms with Crippen LogP contribution in [0.4, 0.5) is 0 Å². The zero-order valence-electron chi connectivity index (χ0n) is 10.9. The van der Waals surface area contributed by atoms with Gasteiger partial charge in [-0.1, -0.05) is 19.9 Å². The lowest BCUT2D eigenvalue weighted by molar-refractivity contribution is -0.206. The molecule has 2 aliphatic rings. The maximum atomic E-state index is 9.20. The summed E-state index contributed by atoms with van der Waals surface area (Å²) in [6.07, 6.45) is 7.67. The number of aliphatic hydroxyl groups excluding tert-OH is 1. The van der Waals surface area contributed by atoms with Crippen molar-refractivity contribution in [2.75, 3.05) is 13.2 Å². The second kappa shape index (κ2) is 5.51. The monoisotopic (exact) mass is 240 g/mol. The highest BCUT2D eigenvalue weighted by Gasteiger charge is 2.34. The first-order valence-electron chi connectivity index (χ1n) is 6.70. The van der Waals surface area contributed by atoms with Crippen molar-refractivity contribution in [2.24, 2.45) is 5.41 Å². The van der Waals surface area contributed by atoms with Crippen LogP contribution >= 0.6 is 0 Å². The van der Waals surface area contributed by atoms with Crippen molar-refractivity contribution in [2.45, 2.75) is 58.3 Å². The molecule has 0 aromatic rings. The molecule has 0 amide bonds. The number of hydrogen-bond donors (Lipinski definition) is 1. The van der Waals surface area contributed by atoms with Crippen molar-refractivity contribution in [3.8, 4) is 0 Å². The lowest BCUT2D eigenvalue weighted by Crippen LogP contribution is -2.38. The minimum Gasteiger partial charge on any atom is -0.392 e. The van der Waals surface area contributed by atoms with Crippen molar-refractivity contribution in [3.63, 3.8) is 0 Å². The van der Waals surface area contributed by atoms with Crippen LogP contribution in [0.2, 0.25) is 0 Å². The highest BCUT2D eigenvalue weighted by molar-refractivity contribution is 5.14. The Hall–Kier alpha value is -0.380. The molecule has 1 aliphatic heterocycles. The van der Waals surface area contributed by atoms with Crippen molar-refractivity contribution < 1.29 is 14.6 Å². The lowest BCUT2D eigenvalue weighted by atomic mass is 9.77. The normalized spacial score (nSPS) is 33.2. The Morgan fingerprint density at radius 3 is 2.82 bits per heavy atom. The minimum atomic E-state index is -0.0166. The third-order valence-electron chi connectivity index (χ3n) is 3.79. The van der Waals surface area contributed by atoms with E-state index in [0.717, 1.165) is 37.9 Å². The van der Waals surface area contributed by atoms with E-state index in [9.17, 15) is 5.11 Å². The Morgan fingerprint density at radius 1 is 1.41 bits per heavy atom. The fraction of sp³-hybridized carbons (Fsp3) is 0.857. The Morgan fingerprint density at radius 2 is 2.24 bits per heavy atom. The van der Waals surface area contributed by atoms with E-state index in [1.165, 1.54) is 6.42 Å². The molecule has 98 valence electrons. The van der Waals surface area contributed by atoms with Crippen molar-refractivity contribution in [3.05, 3.63) is 11.6 Å². The molecule has 1 N–H and O–H groups in total. The van der Waals surface area contributed by atoms with Crippen molar-refractivity contribution >= 4 is 0 Å². The molecule has 0 radical (unpaired) electrons. The van der Waals surface area contributed by atoms with Crippen LogP contribution in [-0.4, -0.2) is 30.7 Å². The van der Waals surface area contributed by atoms with Crippen LogP contribution < -0.4 is 0 Å². The second-order valence-electron chi connectivity index (χ2n) is 5.74. The van der Waals surface area contributed by atoms with Gasteiger partial charge in [-0.15, -0.1) is 0 Å². The predicted octanol–water partition coefficient (Wildman–Crippen LogP) is 2.64. The first-order chi connectivity index (χ1) is 8.12. The molecule has 3 heteroatoms. The summed E-state index contributed by atoms with van der Waals surface area (Å²) >= 11 is 0. The predicted molar refractivity (Wildman–Crippen MR) is 66.6 cm³/mol. The van der Waals surface area contributed by atoms with E-state index in [1.54, 1.807) is 0 Å². The van der Waals surface area contributed by atoms with Crippen LogP contribution in [0.1, 0.15) is 46.0 Å². The van der Waals surface area contributed by atoms with Crippen LogP contribution in [0.5, 0.6) is 0 Å². The van der Waals surface area contributed by atoms with E-state index in [0.29, 0.717) is 0 Å². The van der Waals surface area contributed by atoms with Gasteiger partial charge in [-0.05, 0) is 37.7 Å². The molecule has 1 saturated heterocycles. The SMILES string of the molecule is CC1(C)C=C(CO)CC[C@@H]1OC1CCCCO1. The zero-order chi connectivity index (χ0) is 12.3. The van der Waals surface area contributed by atoms with Gasteiger partial charge in [0, 0.05) is 12.0 Å². The largest absolute Gasteiger partial charge is 0.392 e. The average molecular weight is 240 g/mol. The molecule has 2 rings (SSSR count). The van der Waals surface area contributed by atoms with Gasteiger partial charge in [0.15, 0.2) is 6.29 Å². The van der Waals surface area contributed by atoms with E-state index >= 15 is 0 Å². The molecular formula is C14H24O3. The van der Waals surface area contributed by atoms with Gasteiger partial charge in [0.25, 0.3) is 0 Å². The van der Waals surface area contributed by atoms with Crippen LogP contribution in [0, 0.1) is 5.41 Å². The fourth-order valence-corrected chi connectivity index (χ4v) is 2.75. The molecule has 0 aromatic carbocycles. The summed E-state index contributed by atoms with van der Waals surface area (Å²) in [7, 11) is 0. The molecule has 1 heterocycles. The van der Waals surface area contributed by atoms with E-state index < -0.39 is 0 Å². The molecule has 1 unspecified atom stereocenters. The van der Waals surface area contributed by atoms with Gasteiger partial charge in [-0.25, -0.2) is 0 Å². The molecule has 0 bridgehead atoms. The smallest absolute Gasteiger partial charge is 0.157 e. The van der Waals surface area contributed by atoms with Gasteiger partial charge in [-0.3, -0.25) is 0 Å². The molecular weight excluding hydrogens is 216 g/mol. The Labute approximate surface area is 104 Å². The van der Waals surface area contributed by atoms with Gasteiger partial charge in [0.05, 0.1) is 12.7 Å². The third kappa shape index (κ3) is 3.30. The summed E-state index contributed by atoms with van der Waals surface area (Å²) in [5.74, 6) is 0. The summed E-state index contributed by atoms with van der Waals surface area (Å²) in [6.45, 7) is 5.36. The minimum absolute atomic E-state index is 0.00286. The topological polar surface area (TPSA) is 38.7 Å². The highest BCUT2D eigenvalue weighted by Crippen LogP contribution is 2.37. The zero-order valence-corrected chi connectivity index (χ0v) is 10.9. The number of hydrogen-bond acceptors (Lipinski definition) is 3. The van der Waals surface area contributed by atoms with Crippen molar-refractivity contribution in [1.82, 2.24) is 0 Å². The van der Waals surface area contributed by atoms with Crippen molar-refractivity contribution in [1.29, 1.82) is 0 Å². The van der Waals surface area contributed by atoms with Gasteiger partial charge in [0.1, 0.15) is 0 Å². The third-order valence-corrected chi connectivity index (χ3v) is 3.79. The van der Waals surface area contributed by atoms with Crippen LogP contribution in [0.3, 0.4) is 0 Å². The number of aliphatic hydroxyl groups is 1. The molecule has 0 spiro atoms. The number of rotatable bonds is 3. The summed E-state index contributed by atoms with van der Waals surface area (Å²) < 4.78 is 11.7. The van der Waals surface area contributed by atoms with Crippen LogP contribution in [-0.2, 0) is 9.47 Å². The van der Waals surface area contributed by atoms with Gasteiger partial charge >= 0.3 is 0 Å². The molecule has 3 nitrogen and oxygen atoms in total. The molecule has 0 saturated carbocycles. The second-order valence-corrected chi connectivity index (χ2v) is 5.74. The summed E-state index contributed by atoms with van der Waals surface area (Å²) in [5, 5.41) is 9.20. The van der Waals surface area contributed by atoms with Crippen LogP contribution in [0.25, 0.3) is 0 Å². The van der Waals surface area contributed by atoms with E-state index in [-0.39, 0.29) is 24.4 Å². The standard InChI is InChI=1S/C14H24O3/c1-14(2)9-11(10-15)6-7-12(14)17-13-5-3-4-8-16-13/h9,12-13,15H,3-8,10H2,1-2H3/t12-,13?/m0/s1. The maximum Gasteiger partial charge on any atom is 0.157 e. The van der Waals surface area contributed by atoms with Crippen LogP contribution in [0.15, 0.2) is 11.6 Å².